The lowest BCUT2D eigenvalue weighted by Gasteiger charge is -2.41. The van der Waals surface area contributed by atoms with Gasteiger partial charge in [0.1, 0.15) is 22.7 Å². The Morgan fingerprint density at radius 2 is 1.88 bits per heavy atom. The third-order valence-electron chi connectivity index (χ3n) is 7.50. The predicted molar refractivity (Wildman–Crippen MR) is 154 cm³/mol. The van der Waals surface area contributed by atoms with Crippen LogP contribution in [0.25, 0.3) is 0 Å². The molecule has 16 nitrogen and oxygen atoms in total. The number of nitrogens with two attached hydrogens (primary N) is 2. The molecule has 230 valence electrons. The maximum atomic E-state index is 13.6. The van der Waals surface area contributed by atoms with E-state index in [9.17, 15) is 24.0 Å². The maximum absolute atomic E-state index is 13.6. The second-order valence-electron chi connectivity index (χ2n) is 11.5. The molecular weight excluding hydrogens is 603 g/mol. The summed E-state index contributed by atoms with van der Waals surface area (Å²) in [5, 5.41) is 8.56. The number of oxime groups is 1. The lowest BCUT2D eigenvalue weighted by atomic mass is 10.0. The van der Waals surface area contributed by atoms with Crippen LogP contribution in [0.4, 0.5) is 9.93 Å². The summed E-state index contributed by atoms with van der Waals surface area (Å²) in [6.45, 7) is 5.25. The first kappa shape index (κ1) is 30.9. The number of urea groups is 1. The number of hydrazine groups is 1. The van der Waals surface area contributed by atoms with Crippen LogP contribution in [0, 0.1) is 0 Å². The molecule has 5 rings (SSSR count). The van der Waals surface area contributed by atoms with E-state index < -0.39 is 57.3 Å². The van der Waals surface area contributed by atoms with E-state index in [0.717, 1.165) is 28.1 Å². The fourth-order valence-electron chi connectivity index (χ4n) is 5.37. The van der Waals surface area contributed by atoms with Crippen LogP contribution in [0.5, 0.6) is 0 Å². The SMILES string of the molecule is [B]OC(=O)[C@@]1(N2CCN(N)C2=O)CN2C(=O)[C@@H](NC(=O)/C(=N\OC3(C(=O)OC(C)(C)C)CCCC3)c3csc(N)n3)[C@H]2S1. The summed E-state index contributed by atoms with van der Waals surface area (Å²) >= 11 is 2.00. The van der Waals surface area contributed by atoms with E-state index in [1.165, 1.54) is 15.2 Å². The second-order valence-corrected chi connectivity index (χ2v) is 13.8. The van der Waals surface area contributed by atoms with Crippen molar-refractivity contribution >= 4 is 71.8 Å². The van der Waals surface area contributed by atoms with Crippen molar-refractivity contribution in [3.8, 4) is 0 Å². The number of amides is 4. The van der Waals surface area contributed by atoms with E-state index in [4.69, 9.17) is 29.2 Å². The lowest BCUT2D eigenvalue weighted by Crippen LogP contribution is -2.68. The van der Waals surface area contributed by atoms with Gasteiger partial charge in [-0.1, -0.05) is 16.9 Å². The Hall–Kier alpha value is -3.58. The average molecular weight is 635 g/mol. The van der Waals surface area contributed by atoms with Crippen molar-refractivity contribution in [3.63, 3.8) is 0 Å². The van der Waals surface area contributed by atoms with Gasteiger partial charge < -0.3 is 30.2 Å². The van der Waals surface area contributed by atoms with Crippen LogP contribution in [0.1, 0.15) is 52.1 Å². The van der Waals surface area contributed by atoms with Crippen LogP contribution in [-0.4, -0.2) is 110 Å². The zero-order valence-corrected chi connectivity index (χ0v) is 25.4. The number of thioether (sulfide) groups is 1. The zero-order chi connectivity index (χ0) is 31.3. The van der Waals surface area contributed by atoms with E-state index >= 15 is 0 Å². The normalized spacial score (nSPS) is 26.7. The Morgan fingerprint density at radius 3 is 2.44 bits per heavy atom. The number of aromatic nitrogens is 1. The molecule has 0 unspecified atom stereocenters. The number of rotatable bonds is 8. The molecule has 2 radical (unpaired) electrons. The summed E-state index contributed by atoms with van der Waals surface area (Å²) in [5.74, 6) is 2.84. The number of β-lactam (4-membered cyclic amide) rings is 1. The van der Waals surface area contributed by atoms with Gasteiger partial charge in [-0.2, -0.15) is 0 Å². The summed E-state index contributed by atoms with van der Waals surface area (Å²) in [7, 11) is 5.21. The molecule has 3 saturated heterocycles. The maximum Gasteiger partial charge on any atom is 0.378 e. The van der Waals surface area contributed by atoms with Crippen molar-refractivity contribution in [1.29, 1.82) is 0 Å². The molecule has 4 fully saturated rings. The first-order chi connectivity index (χ1) is 20.2. The minimum absolute atomic E-state index is 0.0757. The molecule has 19 heteroatoms. The number of hydrogen-bond donors (Lipinski definition) is 3. The van der Waals surface area contributed by atoms with E-state index in [-0.39, 0.29) is 36.2 Å². The fraction of sp³-hybridized carbons (Fsp3) is 0.625. The quantitative estimate of drug-likeness (QED) is 0.0624. The largest absolute Gasteiger partial charge is 0.541 e. The van der Waals surface area contributed by atoms with E-state index in [1.807, 2.05) is 0 Å². The van der Waals surface area contributed by atoms with Gasteiger partial charge >= 0.3 is 26.0 Å². The summed E-state index contributed by atoms with van der Waals surface area (Å²) in [4.78, 5) is 76.2. The minimum Gasteiger partial charge on any atom is -0.541 e. The van der Waals surface area contributed by atoms with Crippen LogP contribution in [0.3, 0.4) is 0 Å². The molecule has 4 amide bonds. The molecular formula is C24H31BN8O8S2. The topological polar surface area (TPSA) is 212 Å². The second kappa shape index (κ2) is 11.2. The van der Waals surface area contributed by atoms with Gasteiger partial charge in [-0.25, -0.2) is 20.4 Å². The third-order valence-corrected chi connectivity index (χ3v) is 9.85. The van der Waals surface area contributed by atoms with E-state index in [0.29, 0.717) is 25.7 Å². The number of carbonyl (C=O) groups is 5. The average Bonchev–Trinajstić information content (AvgIpc) is 3.74. The third kappa shape index (κ3) is 5.48. The number of hydrogen-bond acceptors (Lipinski definition) is 14. The molecule has 3 atom stereocenters. The fourth-order valence-corrected chi connectivity index (χ4v) is 7.60. The number of anilines is 1. The predicted octanol–water partition coefficient (Wildman–Crippen LogP) is -0.565. The van der Waals surface area contributed by atoms with Gasteiger partial charge in [0.25, 0.3) is 5.91 Å². The molecule has 1 aliphatic carbocycles. The van der Waals surface area contributed by atoms with Crippen molar-refractivity contribution in [2.24, 2.45) is 11.0 Å². The number of nitrogens with one attached hydrogen (secondary N) is 1. The summed E-state index contributed by atoms with van der Waals surface area (Å²) in [6, 6.07) is -1.74. The van der Waals surface area contributed by atoms with Gasteiger partial charge in [-0.05, 0) is 33.6 Å². The van der Waals surface area contributed by atoms with Crippen molar-refractivity contribution in [3.05, 3.63) is 11.1 Å². The number of thiazole rings is 1. The van der Waals surface area contributed by atoms with Crippen molar-refractivity contribution < 1.29 is 38.2 Å². The number of nitrogens with zero attached hydrogens (tertiary/aromatic N) is 5. The lowest BCUT2D eigenvalue weighted by molar-refractivity contribution is -0.183. The number of esters is 1. The first-order valence-corrected chi connectivity index (χ1v) is 15.2. The van der Waals surface area contributed by atoms with Gasteiger partial charge in [0.15, 0.2) is 10.8 Å². The van der Waals surface area contributed by atoms with Gasteiger partial charge in [-0.15, -0.1) is 11.3 Å². The summed E-state index contributed by atoms with van der Waals surface area (Å²) in [6.07, 6.45) is 2.06. The molecule has 4 aliphatic rings. The van der Waals surface area contributed by atoms with Crippen LogP contribution >= 0.6 is 23.1 Å². The summed E-state index contributed by atoms with van der Waals surface area (Å²) in [5.41, 5.74) is 3.40. The highest BCUT2D eigenvalue weighted by molar-refractivity contribution is 8.02. The summed E-state index contributed by atoms with van der Waals surface area (Å²) < 4.78 is 10.1. The van der Waals surface area contributed by atoms with E-state index in [1.54, 1.807) is 20.8 Å². The Bertz CT molecular complexity index is 1380. The van der Waals surface area contributed by atoms with Crippen LogP contribution in [0.15, 0.2) is 10.5 Å². The van der Waals surface area contributed by atoms with Gasteiger partial charge in [0, 0.05) is 24.8 Å². The number of nitrogen functional groups attached to an aromatic ring is 1. The van der Waals surface area contributed by atoms with Crippen LogP contribution < -0.4 is 16.9 Å². The Morgan fingerprint density at radius 1 is 1.19 bits per heavy atom. The van der Waals surface area contributed by atoms with Crippen molar-refractivity contribution in [1.82, 2.24) is 25.1 Å². The number of ether oxygens (including phenoxy) is 1. The smallest absolute Gasteiger partial charge is 0.378 e. The molecule has 3 aliphatic heterocycles. The van der Waals surface area contributed by atoms with Gasteiger partial charge in [0.2, 0.25) is 16.4 Å². The molecule has 0 spiro atoms. The Labute approximate surface area is 256 Å². The monoisotopic (exact) mass is 634 g/mol. The highest BCUT2D eigenvalue weighted by Crippen LogP contribution is 2.50. The number of fused-ring (bicyclic) bond motifs is 1. The molecule has 0 bridgehead atoms. The minimum atomic E-state index is -1.66. The molecule has 1 saturated carbocycles. The van der Waals surface area contributed by atoms with Crippen molar-refractivity contribution in [2.45, 2.75) is 73.9 Å². The Kier molecular flexibility index (Phi) is 8.02. The molecule has 1 aromatic rings. The highest BCUT2D eigenvalue weighted by Gasteiger charge is 2.66. The standard InChI is InChI=1S/C24H31BN8O8S2/c1-22(2,3)39-18(36)23(6-4-5-7-23)41-30-13(12-10-42-20(26)28-12)15(34)29-14-16(35)31-11-24(19(37)40-25,43-17(14)31)32-8-9-33(27)21(32)38/h10,14,17H,4-9,11,27H2,1-3H3,(H2,26,28)(H,29,34)/b30-13-/t14-,17-,24-/m1/s1. The molecule has 43 heavy (non-hydrogen) atoms. The first-order valence-electron chi connectivity index (χ1n) is 13.5. The van der Waals surface area contributed by atoms with Crippen LogP contribution in [0.2, 0.25) is 0 Å². The molecule has 5 N–H and O–H groups in total. The van der Waals surface area contributed by atoms with Crippen molar-refractivity contribution in [2.75, 3.05) is 25.4 Å². The van der Waals surface area contributed by atoms with Gasteiger partial charge in [0.05, 0.1) is 13.1 Å². The molecule has 4 heterocycles. The molecule has 1 aromatic heterocycles. The van der Waals surface area contributed by atoms with E-state index in [2.05, 4.69) is 20.1 Å². The Balaban J connectivity index is 1.38. The highest BCUT2D eigenvalue weighted by atomic mass is 32.2. The van der Waals surface area contributed by atoms with Gasteiger partial charge in [-0.3, -0.25) is 24.3 Å². The zero-order valence-electron chi connectivity index (χ0n) is 23.7. The van der Waals surface area contributed by atoms with Crippen LogP contribution in [-0.2, 0) is 33.4 Å². The molecule has 0 aromatic carbocycles. The number of carbonyl (C=O) groups excluding carboxylic acids is 5.